The summed E-state index contributed by atoms with van der Waals surface area (Å²) in [7, 11) is 0. The molecule has 1 fully saturated rings. The number of aliphatic hydroxyl groups excluding tert-OH is 2. The van der Waals surface area contributed by atoms with E-state index < -0.39 is 36.4 Å². The fraction of sp³-hybridized carbons (Fsp3) is 0.400. The highest BCUT2D eigenvalue weighted by Crippen LogP contribution is 2.27. The minimum Gasteiger partial charge on any atom is -0.394 e. The molecule has 0 bridgehead atoms. The standard InChI is InChI=1S/C10H11N5O5/c11-10-13-7-4(8(19)14-10)12-2-15(7)9-6(18)5(17)3(1-16)20-9/h2-3,5,9,16-17H,1H2,(H3,11,13,14,19)/t3-,5-,9-/m1/s1. The summed E-state index contributed by atoms with van der Waals surface area (Å²) in [5, 5.41) is 18.6. The number of nitrogen functional groups attached to an aromatic ring is 1. The van der Waals surface area contributed by atoms with Gasteiger partial charge in [-0.2, -0.15) is 4.98 Å². The van der Waals surface area contributed by atoms with E-state index in [2.05, 4.69) is 15.0 Å². The second-order valence-electron chi connectivity index (χ2n) is 4.33. The molecule has 0 amide bonds. The van der Waals surface area contributed by atoms with Crippen LogP contribution in [0.4, 0.5) is 5.95 Å². The molecule has 1 aliphatic rings. The maximum atomic E-state index is 11.9. The van der Waals surface area contributed by atoms with E-state index >= 15 is 0 Å². The van der Waals surface area contributed by atoms with Crippen molar-refractivity contribution in [2.24, 2.45) is 0 Å². The highest BCUT2D eigenvalue weighted by molar-refractivity contribution is 5.89. The zero-order chi connectivity index (χ0) is 14.4. The third kappa shape index (κ3) is 1.70. The lowest BCUT2D eigenvalue weighted by atomic mass is 10.2. The second-order valence-corrected chi connectivity index (χ2v) is 4.33. The van der Waals surface area contributed by atoms with Crippen LogP contribution < -0.4 is 11.3 Å². The van der Waals surface area contributed by atoms with Gasteiger partial charge in [0.15, 0.2) is 17.4 Å². The zero-order valence-corrected chi connectivity index (χ0v) is 10.1. The quantitative estimate of drug-likeness (QED) is 0.471. The molecule has 1 aliphatic heterocycles. The molecule has 3 atom stereocenters. The van der Waals surface area contributed by atoms with Crippen LogP contribution in [0.2, 0.25) is 0 Å². The summed E-state index contributed by atoms with van der Waals surface area (Å²) < 4.78 is 6.44. The molecule has 10 nitrogen and oxygen atoms in total. The molecular weight excluding hydrogens is 270 g/mol. The fourth-order valence-electron chi connectivity index (χ4n) is 2.10. The summed E-state index contributed by atoms with van der Waals surface area (Å²) in [4.78, 5) is 33.5. The van der Waals surface area contributed by atoms with E-state index in [9.17, 15) is 14.7 Å². The number of hydrogen-bond donors (Lipinski definition) is 4. The Labute approximate surface area is 110 Å². The average molecular weight is 281 g/mol. The number of aliphatic hydroxyl groups is 2. The second kappa shape index (κ2) is 4.37. The van der Waals surface area contributed by atoms with Gasteiger partial charge in [-0.1, -0.05) is 0 Å². The fourth-order valence-corrected chi connectivity index (χ4v) is 2.10. The molecule has 106 valence electrons. The smallest absolute Gasteiger partial charge is 0.280 e. The lowest BCUT2D eigenvalue weighted by Crippen LogP contribution is -2.29. The zero-order valence-electron chi connectivity index (χ0n) is 10.1. The first-order chi connectivity index (χ1) is 9.52. The number of ether oxygens (including phenoxy) is 1. The molecule has 3 heterocycles. The van der Waals surface area contributed by atoms with Gasteiger partial charge in [0.2, 0.25) is 11.7 Å². The molecule has 1 saturated heterocycles. The Hall–Kier alpha value is -2.30. The van der Waals surface area contributed by atoms with Crippen LogP contribution >= 0.6 is 0 Å². The van der Waals surface area contributed by atoms with Gasteiger partial charge in [0.25, 0.3) is 5.56 Å². The van der Waals surface area contributed by atoms with Gasteiger partial charge in [-0.05, 0) is 0 Å². The molecular formula is C10H11N5O5. The number of nitrogens with one attached hydrogen (secondary N) is 1. The minimum absolute atomic E-state index is 0.00228. The maximum absolute atomic E-state index is 11.9. The Balaban J connectivity index is 2.12. The Kier molecular flexibility index (Phi) is 2.78. The first-order valence-electron chi connectivity index (χ1n) is 5.73. The van der Waals surface area contributed by atoms with E-state index in [4.69, 9.17) is 15.6 Å². The lowest BCUT2D eigenvalue weighted by Gasteiger charge is -2.11. The van der Waals surface area contributed by atoms with Crippen molar-refractivity contribution < 1.29 is 19.7 Å². The molecule has 10 heteroatoms. The van der Waals surface area contributed by atoms with Crippen molar-refractivity contribution in [3.05, 3.63) is 16.7 Å². The van der Waals surface area contributed by atoms with Gasteiger partial charge < -0.3 is 20.7 Å². The first kappa shape index (κ1) is 12.7. The summed E-state index contributed by atoms with van der Waals surface area (Å²) in [5.41, 5.74) is 4.96. The Morgan fingerprint density at radius 2 is 2.25 bits per heavy atom. The Bertz CT molecular complexity index is 737. The number of H-pyrrole nitrogens is 1. The SMILES string of the molecule is Nc1nc2c(ncn2[C@@H]2O[C@H](CO)[C@@H](O)C2=O)c(=O)[nH]1. The van der Waals surface area contributed by atoms with Crippen LogP contribution in [0, 0.1) is 0 Å². The molecule has 0 radical (unpaired) electrons. The van der Waals surface area contributed by atoms with Crippen molar-refractivity contribution >= 4 is 22.9 Å². The van der Waals surface area contributed by atoms with Crippen LogP contribution in [0.3, 0.4) is 0 Å². The van der Waals surface area contributed by atoms with Gasteiger partial charge in [-0.3, -0.25) is 19.1 Å². The van der Waals surface area contributed by atoms with Crippen molar-refractivity contribution in [3.8, 4) is 0 Å². The number of carbonyl (C=O) groups is 1. The van der Waals surface area contributed by atoms with Crippen molar-refractivity contribution in [3.63, 3.8) is 0 Å². The van der Waals surface area contributed by atoms with Crippen molar-refractivity contribution in [2.75, 3.05) is 12.3 Å². The highest BCUT2D eigenvalue weighted by atomic mass is 16.5. The molecule has 2 aromatic rings. The van der Waals surface area contributed by atoms with Crippen molar-refractivity contribution in [2.45, 2.75) is 18.4 Å². The van der Waals surface area contributed by atoms with Crippen molar-refractivity contribution in [1.29, 1.82) is 0 Å². The topological polar surface area (TPSA) is 156 Å². The van der Waals surface area contributed by atoms with E-state index in [1.54, 1.807) is 0 Å². The molecule has 0 unspecified atom stereocenters. The van der Waals surface area contributed by atoms with E-state index in [0.717, 1.165) is 0 Å². The van der Waals surface area contributed by atoms with Gasteiger partial charge >= 0.3 is 0 Å². The first-order valence-corrected chi connectivity index (χ1v) is 5.73. The van der Waals surface area contributed by atoms with Crippen LogP contribution in [0.1, 0.15) is 6.23 Å². The Morgan fingerprint density at radius 3 is 2.90 bits per heavy atom. The molecule has 0 aromatic carbocycles. The van der Waals surface area contributed by atoms with Crippen LogP contribution in [-0.4, -0.2) is 54.3 Å². The van der Waals surface area contributed by atoms with Gasteiger partial charge in [0, 0.05) is 0 Å². The maximum Gasteiger partial charge on any atom is 0.280 e. The van der Waals surface area contributed by atoms with Crippen molar-refractivity contribution in [1.82, 2.24) is 19.5 Å². The van der Waals surface area contributed by atoms with Crippen LogP contribution in [0.25, 0.3) is 11.2 Å². The largest absolute Gasteiger partial charge is 0.394 e. The van der Waals surface area contributed by atoms with E-state index in [0.29, 0.717) is 0 Å². The number of nitrogens with zero attached hydrogens (tertiary/aromatic N) is 3. The predicted octanol–water partition coefficient (Wildman–Crippen LogP) is -2.48. The molecule has 0 spiro atoms. The number of aromatic amines is 1. The summed E-state index contributed by atoms with van der Waals surface area (Å²) in [6.07, 6.45) is -2.48. The summed E-state index contributed by atoms with van der Waals surface area (Å²) in [6.45, 7) is -0.508. The number of anilines is 1. The number of nitrogens with two attached hydrogens (primary N) is 1. The molecule has 0 aliphatic carbocycles. The number of fused-ring (bicyclic) bond motifs is 1. The van der Waals surface area contributed by atoms with Gasteiger partial charge in [0.1, 0.15) is 12.2 Å². The summed E-state index contributed by atoms with van der Waals surface area (Å²) >= 11 is 0. The minimum atomic E-state index is -1.44. The average Bonchev–Trinajstić information content (AvgIpc) is 2.93. The van der Waals surface area contributed by atoms with E-state index in [-0.39, 0.29) is 17.1 Å². The third-order valence-electron chi connectivity index (χ3n) is 3.07. The number of Topliss-reactive ketones (excluding diaryl/α,β-unsaturated/α-hetero) is 1. The highest BCUT2D eigenvalue weighted by Gasteiger charge is 2.43. The number of imidazole rings is 1. The summed E-state index contributed by atoms with van der Waals surface area (Å²) in [5.74, 6) is -0.780. The summed E-state index contributed by atoms with van der Waals surface area (Å²) in [6, 6.07) is 0. The molecule has 20 heavy (non-hydrogen) atoms. The number of hydrogen-bond acceptors (Lipinski definition) is 8. The number of ketones is 1. The molecule has 3 rings (SSSR count). The monoisotopic (exact) mass is 281 g/mol. The van der Waals surface area contributed by atoms with Crippen LogP contribution in [0.15, 0.2) is 11.1 Å². The lowest BCUT2D eigenvalue weighted by molar-refractivity contribution is -0.130. The number of rotatable bonds is 2. The van der Waals surface area contributed by atoms with Crippen LogP contribution in [-0.2, 0) is 9.53 Å². The van der Waals surface area contributed by atoms with Crippen LogP contribution in [0.5, 0.6) is 0 Å². The molecule has 0 saturated carbocycles. The third-order valence-corrected chi connectivity index (χ3v) is 3.07. The van der Waals surface area contributed by atoms with E-state index in [1.807, 2.05) is 0 Å². The van der Waals surface area contributed by atoms with Gasteiger partial charge in [-0.25, -0.2) is 4.98 Å². The van der Waals surface area contributed by atoms with Gasteiger partial charge in [0.05, 0.1) is 12.9 Å². The van der Waals surface area contributed by atoms with Gasteiger partial charge in [-0.15, -0.1) is 0 Å². The number of aromatic nitrogens is 4. The predicted molar refractivity (Wildman–Crippen MR) is 64.6 cm³/mol. The molecule has 2 aromatic heterocycles. The number of carbonyl (C=O) groups excluding carboxylic acids is 1. The molecule has 5 N–H and O–H groups in total. The van der Waals surface area contributed by atoms with E-state index in [1.165, 1.54) is 10.9 Å². The Morgan fingerprint density at radius 1 is 1.50 bits per heavy atom. The normalized spacial score (nSPS) is 26.5.